The van der Waals surface area contributed by atoms with E-state index in [0.717, 1.165) is 30.3 Å². The fourth-order valence-corrected chi connectivity index (χ4v) is 4.16. The van der Waals surface area contributed by atoms with Gasteiger partial charge < -0.3 is 5.32 Å². The molecule has 8 nitrogen and oxygen atoms in total. The number of sulfonamides is 1. The van der Waals surface area contributed by atoms with Gasteiger partial charge in [-0.05, 0) is 45.0 Å². The Morgan fingerprint density at radius 2 is 1.84 bits per heavy atom. The molecule has 0 aliphatic rings. The summed E-state index contributed by atoms with van der Waals surface area (Å²) in [5.41, 5.74) is -1.79. The van der Waals surface area contributed by atoms with Gasteiger partial charge in [0.1, 0.15) is 6.54 Å². The number of nitrogens with zero attached hydrogens (tertiary/aromatic N) is 2. The van der Waals surface area contributed by atoms with Crippen LogP contribution in [0.15, 0.2) is 47.4 Å². The summed E-state index contributed by atoms with van der Waals surface area (Å²) in [7, 11) is -4.62. The Balaban J connectivity index is 2.63. The molecular weight excluding hydrogens is 439 g/mol. The molecule has 0 heterocycles. The highest BCUT2D eigenvalue weighted by Crippen LogP contribution is 2.34. The second-order valence-corrected chi connectivity index (χ2v) is 8.85. The van der Waals surface area contributed by atoms with Crippen LogP contribution in [-0.2, 0) is 21.0 Å². The summed E-state index contributed by atoms with van der Waals surface area (Å²) in [4.78, 5) is 22.2. The molecule has 2 aromatic carbocycles. The molecular formula is C19H20F3N3O5S. The summed E-state index contributed by atoms with van der Waals surface area (Å²) < 4.78 is 66.4. The first-order valence-corrected chi connectivity index (χ1v) is 10.4. The van der Waals surface area contributed by atoms with Gasteiger partial charge in [0.2, 0.25) is 5.91 Å². The predicted molar refractivity (Wildman–Crippen MR) is 107 cm³/mol. The summed E-state index contributed by atoms with van der Waals surface area (Å²) >= 11 is 0. The van der Waals surface area contributed by atoms with Crippen LogP contribution in [0.1, 0.15) is 25.0 Å². The van der Waals surface area contributed by atoms with E-state index in [1.807, 2.05) is 0 Å². The zero-order valence-electron chi connectivity index (χ0n) is 16.8. The molecule has 0 fully saturated rings. The van der Waals surface area contributed by atoms with Gasteiger partial charge in [0.25, 0.3) is 15.7 Å². The summed E-state index contributed by atoms with van der Waals surface area (Å²) in [6.45, 7) is 3.85. The summed E-state index contributed by atoms with van der Waals surface area (Å²) in [6, 6.07) is 6.26. The molecule has 1 N–H and O–H groups in total. The van der Waals surface area contributed by atoms with Crippen LogP contribution in [0.2, 0.25) is 0 Å². The molecule has 0 spiro atoms. The largest absolute Gasteiger partial charge is 0.416 e. The number of hydrogen-bond acceptors (Lipinski definition) is 5. The van der Waals surface area contributed by atoms with Crippen molar-refractivity contribution in [3.63, 3.8) is 0 Å². The Kier molecular flexibility index (Phi) is 6.94. The number of nitrogens with one attached hydrogen (secondary N) is 1. The quantitative estimate of drug-likeness (QED) is 0.502. The molecule has 0 saturated carbocycles. The molecule has 12 heteroatoms. The van der Waals surface area contributed by atoms with E-state index in [1.165, 1.54) is 13.0 Å². The summed E-state index contributed by atoms with van der Waals surface area (Å²) in [5, 5.41) is 13.7. The molecule has 0 aliphatic carbocycles. The third-order valence-electron chi connectivity index (χ3n) is 4.16. The van der Waals surface area contributed by atoms with Crippen molar-refractivity contribution < 1.29 is 31.3 Å². The Morgan fingerprint density at radius 3 is 2.39 bits per heavy atom. The van der Waals surface area contributed by atoms with Gasteiger partial charge >= 0.3 is 6.18 Å². The minimum Gasteiger partial charge on any atom is -0.352 e. The van der Waals surface area contributed by atoms with Crippen molar-refractivity contribution in [1.82, 2.24) is 5.32 Å². The molecule has 31 heavy (non-hydrogen) atoms. The van der Waals surface area contributed by atoms with Crippen molar-refractivity contribution in [2.45, 2.75) is 37.9 Å². The van der Waals surface area contributed by atoms with Crippen LogP contribution in [0.5, 0.6) is 0 Å². The molecule has 2 rings (SSSR count). The average molecular weight is 459 g/mol. The van der Waals surface area contributed by atoms with E-state index < -0.39 is 55.4 Å². The molecule has 168 valence electrons. The fraction of sp³-hybridized carbons (Fsp3) is 0.316. The van der Waals surface area contributed by atoms with Crippen molar-refractivity contribution in [3.8, 4) is 0 Å². The van der Waals surface area contributed by atoms with Crippen LogP contribution in [-0.4, -0.2) is 31.8 Å². The normalized spacial score (nSPS) is 12.0. The number of hydrogen-bond donors (Lipinski definition) is 1. The van der Waals surface area contributed by atoms with Gasteiger partial charge in [-0.15, -0.1) is 0 Å². The van der Waals surface area contributed by atoms with Crippen molar-refractivity contribution in [2.24, 2.45) is 0 Å². The number of rotatable bonds is 7. The minimum absolute atomic E-state index is 0.201. The third-order valence-corrected chi connectivity index (χ3v) is 5.93. The second kappa shape index (κ2) is 8.92. The molecule has 0 atom stereocenters. The summed E-state index contributed by atoms with van der Waals surface area (Å²) in [6.07, 6.45) is -4.74. The summed E-state index contributed by atoms with van der Waals surface area (Å²) in [5.74, 6) is -0.752. The highest BCUT2D eigenvalue weighted by Gasteiger charge is 2.34. The zero-order chi connectivity index (χ0) is 23.6. The van der Waals surface area contributed by atoms with Crippen molar-refractivity contribution in [1.29, 1.82) is 0 Å². The van der Waals surface area contributed by atoms with Crippen LogP contribution >= 0.6 is 0 Å². The number of carbonyl (C=O) groups is 1. The monoisotopic (exact) mass is 459 g/mol. The average Bonchev–Trinajstić information content (AvgIpc) is 2.64. The van der Waals surface area contributed by atoms with Gasteiger partial charge in [0.05, 0.1) is 21.1 Å². The molecule has 0 bridgehead atoms. The maximum Gasteiger partial charge on any atom is 0.416 e. The third kappa shape index (κ3) is 5.72. The second-order valence-electron chi connectivity index (χ2n) is 6.99. The number of nitro groups is 1. The smallest absolute Gasteiger partial charge is 0.352 e. The van der Waals surface area contributed by atoms with Crippen LogP contribution in [0.3, 0.4) is 0 Å². The Hall–Kier alpha value is -3.15. The van der Waals surface area contributed by atoms with Crippen molar-refractivity contribution in [2.75, 3.05) is 10.8 Å². The molecule has 1 amide bonds. The molecule has 0 saturated heterocycles. The van der Waals surface area contributed by atoms with E-state index >= 15 is 0 Å². The Bertz CT molecular complexity index is 1100. The maximum atomic E-state index is 13.2. The van der Waals surface area contributed by atoms with Gasteiger partial charge in [-0.2, -0.15) is 13.2 Å². The van der Waals surface area contributed by atoms with Crippen LogP contribution in [0.25, 0.3) is 0 Å². The number of anilines is 1. The number of halogens is 3. The van der Waals surface area contributed by atoms with Gasteiger partial charge in [0, 0.05) is 17.7 Å². The number of nitro benzene ring substituents is 1. The van der Waals surface area contributed by atoms with Gasteiger partial charge in [-0.1, -0.05) is 12.1 Å². The maximum absolute atomic E-state index is 13.2. The van der Waals surface area contributed by atoms with E-state index in [1.54, 1.807) is 13.8 Å². The number of alkyl halides is 3. The Morgan fingerprint density at radius 1 is 1.19 bits per heavy atom. The SMILES string of the molecule is Cc1ccc(S(=O)(=O)N(CC(=O)NC(C)C)c2cccc(C(F)(F)F)c2)cc1[N+](=O)[O-]. The molecule has 2 aromatic rings. The lowest BCUT2D eigenvalue weighted by Gasteiger charge is -2.25. The van der Waals surface area contributed by atoms with E-state index in [4.69, 9.17) is 0 Å². The highest BCUT2D eigenvalue weighted by molar-refractivity contribution is 7.92. The lowest BCUT2D eigenvalue weighted by atomic mass is 10.2. The predicted octanol–water partition coefficient (Wildman–Crippen LogP) is 3.64. The number of benzene rings is 2. The van der Waals surface area contributed by atoms with E-state index in [2.05, 4.69) is 5.32 Å². The first-order valence-electron chi connectivity index (χ1n) is 8.98. The minimum atomic E-state index is -4.74. The van der Waals surface area contributed by atoms with E-state index in [-0.39, 0.29) is 11.6 Å². The molecule has 0 radical (unpaired) electrons. The first-order chi connectivity index (χ1) is 14.2. The van der Waals surface area contributed by atoms with Crippen molar-refractivity contribution >= 4 is 27.3 Å². The topological polar surface area (TPSA) is 110 Å². The van der Waals surface area contributed by atoms with Crippen LogP contribution in [0.4, 0.5) is 24.5 Å². The molecule has 0 aromatic heterocycles. The van der Waals surface area contributed by atoms with E-state index in [9.17, 15) is 36.5 Å². The van der Waals surface area contributed by atoms with Gasteiger partial charge in [0.15, 0.2) is 0 Å². The Labute approximate surface area is 176 Å². The first kappa shape index (κ1) is 24.1. The number of amides is 1. The van der Waals surface area contributed by atoms with Crippen LogP contribution < -0.4 is 9.62 Å². The van der Waals surface area contributed by atoms with Crippen LogP contribution in [0, 0.1) is 17.0 Å². The standard InChI is InChI=1S/C19H20F3N3O5S/c1-12(2)23-18(26)11-24(15-6-4-5-14(9-15)19(20,21)22)31(29,30)16-8-7-13(3)17(10-16)25(27)28/h4-10,12H,11H2,1-3H3,(H,23,26). The fourth-order valence-electron chi connectivity index (χ4n) is 2.72. The molecule has 0 unspecified atom stereocenters. The van der Waals surface area contributed by atoms with Crippen molar-refractivity contribution in [3.05, 3.63) is 63.7 Å². The lowest BCUT2D eigenvalue weighted by molar-refractivity contribution is -0.385. The van der Waals surface area contributed by atoms with Gasteiger partial charge in [-0.25, -0.2) is 8.42 Å². The zero-order valence-corrected chi connectivity index (χ0v) is 17.6. The van der Waals surface area contributed by atoms with E-state index in [0.29, 0.717) is 10.4 Å². The van der Waals surface area contributed by atoms with Gasteiger partial charge in [-0.3, -0.25) is 19.2 Å². The number of carbonyl (C=O) groups excluding carboxylic acids is 1. The molecule has 0 aliphatic heterocycles. The lowest BCUT2D eigenvalue weighted by Crippen LogP contribution is -2.43. The number of aryl methyl sites for hydroxylation is 1. The highest BCUT2D eigenvalue weighted by atomic mass is 32.2.